The predicted octanol–water partition coefficient (Wildman–Crippen LogP) is 1.65. The van der Waals surface area contributed by atoms with Crippen LogP contribution in [-0.4, -0.2) is 55.8 Å². The Morgan fingerprint density at radius 3 is 2.74 bits per heavy atom. The zero-order chi connectivity index (χ0) is 18.9. The Morgan fingerprint density at radius 1 is 1.15 bits per heavy atom. The Bertz CT molecular complexity index is 917. The first-order valence-corrected chi connectivity index (χ1v) is 10.3. The van der Waals surface area contributed by atoms with Crippen molar-refractivity contribution in [1.82, 2.24) is 14.5 Å². The summed E-state index contributed by atoms with van der Waals surface area (Å²) in [5, 5.41) is 7.92. The SMILES string of the molecule is Cc1ccc(OCC2CCN(S(=O)(=O)c3ccc4c(c3)OCCO4)C2)nn1. The molecule has 0 spiro atoms. The highest BCUT2D eigenvalue weighted by molar-refractivity contribution is 7.89. The molecule has 144 valence electrons. The lowest BCUT2D eigenvalue weighted by Gasteiger charge is -2.21. The van der Waals surface area contributed by atoms with E-state index < -0.39 is 10.0 Å². The molecule has 27 heavy (non-hydrogen) atoms. The summed E-state index contributed by atoms with van der Waals surface area (Å²) in [5.41, 5.74) is 0.819. The smallest absolute Gasteiger partial charge is 0.243 e. The normalized spacial score (nSPS) is 19.8. The third-order valence-corrected chi connectivity index (χ3v) is 6.50. The molecule has 0 amide bonds. The second-order valence-corrected chi connectivity index (χ2v) is 8.59. The molecule has 9 heteroatoms. The Hall–Kier alpha value is -2.39. The second kappa shape index (κ2) is 7.32. The van der Waals surface area contributed by atoms with Crippen LogP contribution in [0.1, 0.15) is 12.1 Å². The molecular formula is C18H21N3O5S. The number of aromatic nitrogens is 2. The molecule has 0 N–H and O–H groups in total. The quantitative estimate of drug-likeness (QED) is 0.765. The Morgan fingerprint density at radius 2 is 1.96 bits per heavy atom. The molecule has 0 aliphatic carbocycles. The molecule has 2 aliphatic heterocycles. The van der Waals surface area contributed by atoms with Crippen molar-refractivity contribution in [2.45, 2.75) is 18.2 Å². The molecule has 4 rings (SSSR count). The van der Waals surface area contributed by atoms with E-state index in [-0.39, 0.29) is 10.8 Å². The molecule has 1 aromatic carbocycles. The van der Waals surface area contributed by atoms with Gasteiger partial charge in [-0.15, -0.1) is 5.10 Å². The van der Waals surface area contributed by atoms with E-state index in [1.54, 1.807) is 18.2 Å². The third-order valence-electron chi connectivity index (χ3n) is 4.64. The van der Waals surface area contributed by atoms with Crippen LogP contribution in [0, 0.1) is 12.8 Å². The van der Waals surface area contributed by atoms with Crippen molar-refractivity contribution in [2.75, 3.05) is 32.9 Å². The van der Waals surface area contributed by atoms with Crippen molar-refractivity contribution >= 4 is 10.0 Å². The minimum Gasteiger partial charge on any atom is -0.486 e. The number of aryl methyl sites for hydroxylation is 1. The van der Waals surface area contributed by atoms with Gasteiger partial charge in [-0.1, -0.05) is 0 Å². The van der Waals surface area contributed by atoms with Crippen LogP contribution in [0.4, 0.5) is 0 Å². The topological polar surface area (TPSA) is 90.9 Å². The molecule has 8 nitrogen and oxygen atoms in total. The number of fused-ring (bicyclic) bond motifs is 1. The maximum absolute atomic E-state index is 12.9. The highest BCUT2D eigenvalue weighted by atomic mass is 32.2. The van der Waals surface area contributed by atoms with Gasteiger partial charge in [0, 0.05) is 31.1 Å². The van der Waals surface area contributed by atoms with Crippen LogP contribution in [0.3, 0.4) is 0 Å². The summed E-state index contributed by atoms with van der Waals surface area (Å²) >= 11 is 0. The van der Waals surface area contributed by atoms with E-state index in [9.17, 15) is 8.42 Å². The monoisotopic (exact) mass is 391 g/mol. The number of hydrogen-bond donors (Lipinski definition) is 0. The fourth-order valence-corrected chi connectivity index (χ4v) is 4.70. The average Bonchev–Trinajstić information content (AvgIpc) is 3.17. The minimum absolute atomic E-state index is 0.111. The summed E-state index contributed by atoms with van der Waals surface area (Å²) in [6.45, 7) is 4.03. The molecule has 0 bridgehead atoms. The lowest BCUT2D eigenvalue weighted by molar-refractivity contribution is 0.171. The summed E-state index contributed by atoms with van der Waals surface area (Å²) in [6.07, 6.45) is 0.739. The maximum Gasteiger partial charge on any atom is 0.243 e. The number of benzene rings is 1. The number of rotatable bonds is 5. The van der Waals surface area contributed by atoms with Gasteiger partial charge < -0.3 is 14.2 Å². The third kappa shape index (κ3) is 3.84. The largest absolute Gasteiger partial charge is 0.486 e. The van der Waals surface area contributed by atoms with Gasteiger partial charge in [0.25, 0.3) is 0 Å². The van der Waals surface area contributed by atoms with Gasteiger partial charge in [-0.3, -0.25) is 0 Å². The molecular weight excluding hydrogens is 370 g/mol. The van der Waals surface area contributed by atoms with Gasteiger partial charge in [-0.05, 0) is 31.5 Å². The summed E-state index contributed by atoms with van der Waals surface area (Å²) in [7, 11) is -3.58. The van der Waals surface area contributed by atoms with Crippen molar-refractivity contribution in [2.24, 2.45) is 5.92 Å². The standard InChI is InChI=1S/C18H21N3O5S/c1-13-2-5-18(20-19-13)26-12-14-6-7-21(11-14)27(22,23)15-3-4-16-17(10-15)25-9-8-24-16/h2-5,10,14H,6-9,11-12H2,1H3. The molecule has 2 aromatic rings. The number of hydrogen-bond acceptors (Lipinski definition) is 7. The highest BCUT2D eigenvalue weighted by Crippen LogP contribution is 2.34. The van der Waals surface area contributed by atoms with E-state index >= 15 is 0 Å². The summed E-state index contributed by atoms with van der Waals surface area (Å²) in [4.78, 5) is 0.220. The molecule has 1 unspecified atom stereocenters. The number of sulfonamides is 1. The lowest BCUT2D eigenvalue weighted by Crippen LogP contribution is -2.30. The molecule has 1 saturated heterocycles. The van der Waals surface area contributed by atoms with Crippen LogP contribution < -0.4 is 14.2 Å². The Labute approximate surface area is 158 Å². The summed E-state index contributed by atoms with van der Waals surface area (Å²) in [6, 6.07) is 8.34. The van der Waals surface area contributed by atoms with Crippen LogP contribution >= 0.6 is 0 Å². The first-order valence-electron chi connectivity index (χ1n) is 8.85. The second-order valence-electron chi connectivity index (χ2n) is 6.65. The first kappa shape index (κ1) is 18.0. The van der Waals surface area contributed by atoms with Crippen molar-refractivity contribution in [3.63, 3.8) is 0 Å². The van der Waals surface area contributed by atoms with Gasteiger partial charge in [-0.2, -0.15) is 9.40 Å². The zero-order valence-corrected chi connectivity index (χ0v) is 15.8. The predicted molar refractivity (Wildman–Crippen MR) is 96.6 cm³/mol. The van der Waals surface area contributed by atoms with Crippen LogP contribution in [0.15, 0.2) is 35.2 Å². The van der Waals surface area contributed by atoms with Crippen molar-refractivity contribution in [3.8, 4) is 17.4 Å². The van der Waals surface area contributed by atoms with Crippen LogP contribution in [-0.2, 0) is 10.0 Å². The molecule has 2 aliphatic rings. The van der Waals surface area contributed by atoms with Crippen LogP contribution in [0.25, 0.3) is 0 Å². The van der Waals surface area contributed by atoms with Gasteiger partial charge in [0.2, 0.25) is 15.9 Å². The Kier molecular flexibility index (Phi) is 4.88. The molecule has 1 fully saturated rings. The summed E-state index contributed by atoms with van der Waals surface area (Å²) in [5.74, 6) is 1.61. The average molecular weight is 391 g/mol. The summed E-state index contributed by atoms with van der Waals surface area (Å²) < 4.78 is 44.0. The first-order chi connectivity index (χ1) is 13.0. The highest BCUT2D eigenvalue weighted by Gasteiger charge is 2.33. The van der Waals surface area contributed by atoms with Crippen molar-refractivity contribution in [3.05, 3.63) is 36.0 Å². The van der Waals surface area contributed by atoms with Crippen LogP contribution in [0.2, 0.25) is 0 Å². The molecule has 0 saturated carbocycles. The van der Waals surface area contributed by atoms with Gasteiger partial charge in [0.1, 0.15) is 13.2 Å². The van der Waals surface area contributed by atoms with E-state index in [4.69, 9.17) is 14.2 Å². The van der Waals surface area contributed by atoms with Crippen molar-refractivity contribution in [1.29, 1.82) is 0 Å². The van der Waals surface area contributed by atoms with Gasteiger partial charge in [0.15, 0.2) is 11.5 Å². The minimum atomic E-state index is -3.58. The maximum atomic E-state index is 12.9. The molecule has 1 atom stereocenters. The Balaban J connectivity index is 1.40. The van der Waals surface area contributed by atoms with E-state index in [0.717, 1.165) is 12.1 Å². The fourth-order valence-electron chi connectivity index (χ4n) is 3.15. The van der Waals surface area contributed by atoms with E-state index in [2.05, 4.69) is 10.2 Å². The van der Waals surface area contributed by atoms with Crippen LogP contribution in [0.5, 0.6) is 17.4 Å². The lowest BCUT2D eigenvalue weighted by atomic mass is 10.1. The number of ether oxygens (including phenoxy) is 3. The van der Waals surface area contributed by atoms with E-state index in [1.165, 1.54) is 10.4 Å². The molecule has 3 heterocycles. The van der Waals surface area contributed by atoms with E-state index in [0.29, 0.717) is 50.3 Å². The van der Waals surface area contributed by atoms with Gasteiger partial charge >= 0.3 is 0 Å². The number of nitrogens with zero attached hydrogens (tertiary/aromatic N) is 3. The fraction of sp³-hybridized carbons (Fsp3) is 0.444. The van der Waals surface area contributed by atoms with Crippen molar-refractivity contribution < 1.29 is 22.6 Å². The van der Waals surface area contributed by atoms with Gasteiger partial charge in [0.05, 0.1) is 17.2 Å². The molecule has 1 aromatic heterocycles. The van der Waals surface area contributed by atoms with E-state index in [1.807, 2.05) is 13.0 Å². The zero-order valence-electron chi connectivity index (χ0n) is 15.0. The molecule has 0 radical (unpaired) electrons. The van der Waals surface area contributed by atoms with Gasteiger partial charge in [-0.25, -0.2) is 8.42 Å².